The highest BCUT2D eigenvalue weighted by Gasteiger charge is 2.22. The van der Waals surface area contributed by atoms with Crippen molar-refractivity contribution in [3.8, 4) is 0 Å². The van der Waals surface area contributed by atoms with Gasteiger partial charge in [-0.3, -0.25) is 4.90 Å². The molecular formula is C13H20ClFN4. The van der Waals surface area contributed by atoms with Gasteiger partial charge < -0.3 is 16.0 Å². The highest BCUT2D eigenvalue weighted by molar-refractivity contribution is 6.31. The van der Waals surface area contributed by atoms with Gasteiger partial charge in [0.05, 0.1) is 16.4 Å². The molecule has 0 spiro atoms. The molecule has 2 rings (SSSR count). The van der Waals surface area contributed by atoms with Crippen molar-refractivity contribution in [2.24, 2.45) is 0 Å². The van der Waals surface area contributed by atoms with Gasteiger partial charge in [0, 0.05) is 38.3 Å². The van der Waals surface area contributed by atoms with E-state index in [9.17, 15) is 4.39 Å². The third-order valence-corrected chi connectivity index (χ3v) is 3.89. The van der Waals surface area contributed by atoms with Gasteiger partial charge in [-0.15, -0.1) is 0 Å². The molecule has 0 amide bonds. The Morgan fingerprint density at radius 3 is 2.89 bits per heavy atom. The van der Waals surface area contributed by atoms with E-state index in [1.165, 1.54) is 6.07 Å². The number of likely N-dealkylation sites (N-methyl/N-ethyl adjacent to an activating group) is 2. The standard InChI is InChI=1S/C13H20ClFN4/c1-18-3-4-19(2)9(8-18)7-17-13-5-10(14)11(15)6-12(13)16/h5-6,9,17H,3-4,7-8,16H2,1-2H3. The lowest BCUT2D eigenvalue weighted by Gasteiger charge is -2.38. The summed E-state index contributed by atoms with van der Waals surface area (Å²) in [5.74, 6) is -0.487. The van der Waals surface area contributed by atoms with Crippen LogP contribution in [0.25, 0.3) is 0 Å². The predicted octanol–water partition coefficient (Wildman–Crippen LogP) is 1.72. The van der Waals surface area contributed by atoms with E-state index in [1.807, 2.05) is 0 Å². The zero-order valence-electron chi connectivity index (χ0n) is 11.3. The van der Waals surface area contributed by atoms with Gasteiger partial charge in [-0.05, 0) is 20.2 Å². The van der Waals surface area contributed by atoms with Gasteiger partial charge in [-0.25, -0.2) is 4.39 Å². The molecule has 6 heteroatoms. The molecule has 1 aliphatic rings. The van der Waals surface area contributed by atoms with Gasteiger partial charge in [0.15, 0.2) is 0 Å². The van der Waals surface area contributed by atoms with Crippen LogP contribution in [0, 0.1) is 5.82 Å². The molecule has 106 valence electrons. The van der Waals surface area contributed by atoms with Crippen LogP contribution in [-0.4, -0.2) is 56.1 Å². The van der Waals surface area contributed by atoms with Crippen LogP contribution >= 0.6 is 11.6 Å². The fraction of sp³-hybridized carbons (Fsp3) is 0.538. The lowest BCUT2D eigenvalue weighted by molar-refractivity contribution is 0.122. The Balaban J connectivity index is 2.00. The van der Waals surface area contributed by atoms with E-state index in [4.69, 9.17) is 17.3 Å². The van der Waals surface area contributed by atoms with Crippen LogP contribution in [0.5, 0.6) is 0 Å². The quantitative estimate of drug-likeness (QED) is 0.831. The van der Waals surface area contributed by atoms with Crippen LogP contribution in [0.2, 0.25) is 5.02 Å². The first-order valence-corrected chi connectivity index (χ1v) is 6.72. The molecule has 1 aromatic rings. The minimum absolute atomic E-state index is 0.0887. The maximum atomic E-state index is 13.2. The van der Waals surface area contributed by atoms with E-state index in [0.717, 1.165) is 26.2 Å². The smallest absolute Gasteiger partial charge is 0.143 e. The highest BCUT2D eigenvalue weighted by atomic mass is 35.5. The number of nitrogen functional groups attached to an aromatic ring is 1. The van der Waals surface area contributed by atoms with Crippen molar-refractivity contribution in [1.29, 1.82) is 0 Å². The molecule has 1 aromatic carbocycles. The number of rotatable bonds is 3. The van der Waals surface area contributed by atoms with Crippen LogP contribution in [0.15, 0.2) is 12.1 Å². The second-order valence-corrected chi connectivity index (χ2v) is 5.54. The van der Waals surface area contributed by atoms with Gasteiger partial charge in [0.25, 0.3) is 0 Å². The number of nitrogens with one attached hydrogen (secondary N) is 1. The number of nitrogens with two attached hydrogens (primary N) is 1. The molecular weight excluding hydrogens is 267 g/mol. The fourth-order valence-corrected chi connectivity index (χ4v) is 2.43. The molecule has 0 saturated carbocycles. The summed E-state index contributed by atoms with van der Waals surface area (Å²) in [5.41, 5.74) is 6.85. The van der Waals surface area contributed by atoms with Gasteiger partial charge in [0.1, 0.15) is 5.82 Å². The zero-order chi connectivity index (χ0) is 14.0. The second-order valence-electron chi connectivity index (χ2n) is 5.13. The fourth-order valence-electron chi connectivity index (χ4n) is 2.26. The number of hydrogen-bond donors (Lipinski definition) is 2. The van der Waals surface area contributed by atoms with Crippen LogP contribution in [-0.2, 0) is 0 Å². The molecule has 1 heterocycles. The Bertz CT molecular complexity index is 455. The zero-order valence-corrected chi connectivity index (χ0v) is 12.0. The Kier molecular flexibility index (Phi) is 4.50. The van der Waals surface area contributed by atoms with Crippen molar-refractivity contribution in [3.05, 3.63) is 23.0 Å². The summed E-state index contributed by atoms with van der Waals surface area (Å²) in [6.07, 6.45) is 0. The molecule has 1 aliphatic heterocycles. The van der Waals surface area contributed by atoms with Gasteiger partial charge in [-0.2, -0.15) is 0 Å². The Labute approximate surface area is 118 Å². The van der Waals surface area contributed by atoms with Crippen molar-refractivity contribution >= 4 is 23.0 Å². The molecule has 1 atom stereocenters. The molecule has 3 N–H and O–H groups in total. The van der Waals surface area contributed by atoms with Crippen molar-refractivity contribution in [2.45, 2.75) is 6.04 Å². The normalized spacial score (nSPS) is 21.6. The summed E-state index contributed by atoms with van der Waals surface area (Å²) in [4.78, 5) is 4.61. The highest BCUT2D eigenvalue weighted by Crippen LogP contribution is 2.26. The maximum absolute atomic E-state index is 13.2. The van der Waals surface area contributed by atoms with Gasteiger partial charge in [0.2, 0.25) is 0 Å². The molecule has 0 aromatic heterocycles. The van der Waals surface area contributed by atoms with Crippen molar-refractivity contribution in [3.63, 3.8) is 0 Å². The average molecular weight is 287 g/mol. The Morgan fingerprint density at radius 1 is 1.42 bits per heavy atom. The van der Waals surface area contributed by atoms with Crippen LogP contribution in [0.4, 0.5) is 15.8 Å². The third-order valence-electron chi connectivity index (χ3n) is 3.60. The predicted molar refractivity (Wildman–Crippen MR) is 78.2 cm³/mol. The Morgan fingerprint density at radius 2 is 2.16 bits per heavy atom. The summed E-state index contributed by atoms with van der Waals surface area (Å²) < 4.78 is 13.2. The van der Waals surface area contributed by atoms with Crippen LogP contribution in [0.3, 0.4) is 0 Å². The van der Waals surface area contributed by atoms with E-state index >= 15 is 0 Å². The van der Waals surface area contributed by atoms with E-state index in [1.54, 1.807) is 6.07 Å². The number of piperazine rings is 1. The lowest BCUT2D eigenvalue weighted by Crippen LogP contribution is -2.52. The molecule has 19 heavy (non-hydrogen) atoms. The number of halogens is 2. The topological polar surface area (TPSA) is 44.5 Å². The van der Waals surface area contributed by atoms with E-state index in [-0.39, 0.29) is 5.02 Å². The molecule has 4 nitrogen and oxygen atoms in total. The third kappa shape index (κ3) is 3.49. The number of anilines is 2. The minimum atomic E-state index is -0.487. The monoisotopic (exact) mass is 286 g/mol. The maximum Gasteiger partial charge on any atom is 0.143 e. The van der Waals surface area contributed by atoms with E-state index < -0.39 is 5.82 Å². The van der Waals surface area contributed by atoms with Crippen LogP contribution in [0.1, 0.15) is 0 Å². The Hall–Kier alpha value is -1.04. The first-order chi connectivity index (χ1) is 8.97. The van der Waals surface area contributed by atoms with Crippen molar-refractivity contribution in [1.82, 2.24) is 9.80 Å². The molecule has 1 fully saturated rings. The van der Waals surface area contributed by atoms with Gasteiger partial charge >= 0.3 is 0 Å². The molecule has 0 bridgehead atoms. The summed E-state index contributed by atoms with van der Waals surface area (Å²) >= 11 is 5.77. The minimum Gasteiger partial charge on any atom is -0.397 e. The number of benzene rings is 1. The van der Waals surface area contributed by atoms with Crippen molar-refractivity contribution < 1.29 is 4.39 Å². The summed E-state index contributed by atoms with van der Waals surface area (Å²) in [5, 5.41) is 3.35. The summed E-state index contributed by atoms with van der Waals surface area (Å²) in [7, 11) is 4.23. The van der Waals surface area contributed by atoms with E-state index in [0.29, 0.717) is 17.4 Å². The lowest BCUT2D eigenvalue weighted by atomic mass is 10.1. The summed E-state index contributed by atoms with van der Waals surface area (Å²) in [6, 6.07) is 3.20. The molecule has 1 unspecified atom stereocenters. The molecule has 0 aliphatic carbocycles. The average Bonchev–Trinajstić information content (AvgIpc) is 2.36. The molecule has 1 saturated heterocycles. The number of hydrogen-bond acceptors (Lipinski definition) is 4. The molecule has 0 radical (unpaired) electrons. The van der Waals surface area contributed by atoms with Gasteiger partial charge in [-0.1, -0.05) is 11.6 Å². The SMILES string of the molecule is CN1CCN(C)C(CNc2cc(Cl)c(F)cc2N)C1. The largest absolute Gasteiger partial charge is 0.397 e. The van der Waals surface area contributed by atoms with Crippen LogP contribution < -0.4 is 11.1 Å². The second kappa shape index (κ2) is 5.94. The summed E-state index contributed by atoms with van der Waals surface area (Å²) in [6.45, 7) is 3.88. The van der Waals surface area contributed by atoms with E-state index in [2.05, 4.69) is 29.2 Å². The number of nitrogens with zero attached hydrogens (tertiary/aromatic N) is 2. The van der Waals surface area contributed by atoms with Crippen molar-refractivity contribution in [2.75, 3.05) is 51.3 Å². The first kappa shape index (κ1) is 14.4. The first-order valence-electron chi connectivity index (χ1n) is 6.34.